The molecule has 2 unspecified atom stereocenters. The largest absolute Gasteiger partial charge is 0.357 e. The van der Waals surface area contributed by atoms with E-state index in [-0.39, 0.29) is 24.0 Å². The van der Waals surface area contributed by atoms with Crippen molar-refractivity contribution in [3.8, 4) is 0 Å². The second kappa shape index (κ2) is 11.0. The molecule has 31 heavy (non-hydrogen) atoms. The fraction of sp³-hybridized carbons (Fsp3) is 0.522. The maximum atomic E-state index is 4.96. The molecule has 2 atom stereocenters. The Morgan fingerprint density at radius 3 is 2.90 bits per heavy atom. The molecule has 1 aromatic carbocycles. The van der Waals surface area contributed by atoms with E-state index in [4.69, 9.17) is 4.99 Å². The number of imidazole rings is 2. The molecule has 0 radical (unpaired) electrons. The van der Waals surface area contributed by atoms with Crippen LogP contribution in [0, 0.1) is 12.8 Å². The molecular weight excluding hydrogens is 501 g/mol. The van der Waals surface area contributed by atoms with Gasteiger partial charge in [0.2, 0.25) is 0 Å². The van der Waals surface area contributed by atoms with Gasteiger partial charge in [-0.15, -0.1) is 24.0 Å². The number of piperidine rings is 1. The van der Waals surface area contributed by atoms with Crippen LogP contribution >= 0.6 is 24.0 Å². The van der Waals surface area contributed by atoms with Crippen LogP contribution in [0.3, 0.4) is 0 Å². The molecule has 0 saturated carbocycles. The van der Waals surface area contributed by atoms with Crippen molar-refractivity contribution in [3.63, 3.8) is 0 Å². The Morgan fingerprint density at radius 2 is 2.13 bits per heavy atom. The van der Waals surface area contributed by atoms with Crippen LogP contribution in [0.4, 0.5) is 0 Å². The zero-order valence-electron chi connectivity index (χ0n) is 18.7. The molecule has 3 heterocycles. The second-order valence-corrected chi connectivity index (χ2v) is 8.18. The molecule has 8 heteroatoms. The van der Waals surface area contributed by atoms with Crippen LogP contribution in [0.25, 0.3) is 11.0 Å². The van der Waals surface area contributed by atoms with Gasteiger partial charge in [-0.3, -0.25) is 4.99 Å². The number of nitrogens with zero attached hydrogens (tertiary/aromatic N) is 6. The molecule has 1 N–H and O–H groups in total. The summed E-state index contributed by atoms with van der Waals surface area (Å²) in [6, 6.07) is 8.78. The normalized spacial score (nSPS) is 19.5. The lowest BCUT2D eigenvalue weighted by Gasteiger charge is -2.39. The molecule has 0 spiro atoms. The van der Waals surface area contributed by atoms with Crippen LogP contribution in [-0.4, -0.2) is 56.1 Å². The number of aliphatic imine (C=N–C) groups is 1. The van der Waals surface area contributed by atoms with Crippen molar-refractivity contribution < 1.29 is 0 Å². The van der Waals surface area contributed by atoms with Gasteiger partial charge in [0.15, 0.2) is 5.96 Å². The van der Waals surface area contributed by atoms with Gasteiger partial charge >= 0.3 is 0 Å². The van der Waals surface area contributed by atoms with Crippen LogP contribution in [0.2, 0.25) is 0 Å². The van der Waals surface area contributed by atoms with E-state index in [2.05, 4.69) is 74.5 Å². The number of hydrogen-bond donors (Lipinski definition) is 1. The molecule has 1 fully saturated rings. The lowest BCUT2D eigenvalue weighted by molar-refractivity contribution is 0.189. The molecule has 0 amide bonds. The first-order valence-corrected chi connectivity index (χ1v) is 11.1. The number of halogens is 1. The molecule has 7 nitrogen and oxygen atoms in total. The molecule has 2 aromatic heterocycles. The monoisotopic (exact) mass is 535 g/mol. The van der Waals surface area contributed by atoms with E-state index in [0.717, 1.165) is 62.9 Å². The lowest BCUT2D eigenvalue weighted by Crippen LogP contribution is -2.49. The average molecular weight is 535 g/mol. The third-order valence-electron chi connectivity index (χ3n) is 6.11. The van der Waals surface area contributed by atoms with E-state index in [1.807, 2.05) is 18.6 Å². The fourth-order valence-corrected chi connectivity index (χ4v) is 4.41. The molecule has 1 aliphatic rings. The smallest absolute Gasteiger partial charge is 0.193 e. The van der Waals surface area contributed by atoms with Gasteiger partial charge in [-0.05, 0) is 44.7 Å². The Labute approximate surface area is 202 Å². The van der Waals surface area contributed by atoms with Gasteiger partial charge in [0.1, 0.15) is 5.82 Å². The molecule has 3 aromatic rings. The van der Waals surface area contributed by atoms with Gasteiger partial charge in [0.05, 0.1) is 23.4 Å². The summed E-state index contributed by atoms with van der Waals surface area (Å²) in [5.41, 5.74) is 2.28. The van der Waals surface area contributed by atoms with Gasteiger partial charge in [-0.1, -0.05) is 19.1 Å². The number of fused-ring (bicyclic) bond motifs is 1. The van der Waals surface area contributed by atoms with E-state index in [1.54, 1.807) is 0 Å². The molecule has 4 rings (SSSR count). The summed E-state index contributed by atoms with van der Waals surface area (Å²) in [5, 5.41) is 3.50. The predicted octanol–water partition coefficient (Wildman–Crippen LogP) is 4.10. The van der Waals surface area contributed by atoms with Crippen LogP contribution in [-0.2, 0) is 6.54 Å². The fourth-order valence-electron chi connectivity index (χ4n) is 4.41. The number of guanidine groups is 1. The number of para-hydroxylation sites is 2. The van der Waals surface area contributed by atoms with E-state index in [1.165, 1.54) is 5.52 Å². The standard InChI is InChI=1S/C23H33N7.HI/c1-4-25-23(28-14-10-18(2)22(16-28)29-15-12-24-17-29)26-11-7-13-30-19(3)27-20-8-5-6-9-21(20)30;/h5-6,8-9,12,15,17-18,22H,4,7,10-11,13-14,16H2,1-3H3,(H,25,26);1H. The van der Waals surface area contributed by atoms with Crippen molar-refractivity contribution in [1.29, 1.82) is 0 Å². The third-order valence-corrected chi connectivity index (χ3v) is 6.11. The third kappa shape index (κ3) is 5.39. The van der Waals surface area contributed by atoms with Crippen LogP contribution < -0.4 is 5.32 Å². The zero-order valence-corrected chi connectivity index (χ0v) is 21.1. The van der Waals surface area contributed by atoms with Crippen molar-refractivity contribution in [2.24, 2.45) is 10.9 Å². The number of aromatic nitrogens is 4. The highest BCUT2D eigenvalue weighted by Gasteiger charge is 2.28. The Balaban J connectivity index is 0.00000272. The SMILES string of the molecule is CCNC(=NCCCn1c(C)nc2ccccc21)N1CCC(C)C(n2ccnc2)C1.I. The van der Waals surface area contributed by atoms with Crippen LogP contribution in [0.5, 0.6) is 0 Å². The Bertz CT molecular complexity index is 979. The van der Waals surface area contributed by atoms with Crippen LogP contribution in [0.1, 0.15) is 38.6 Å². The van der Waals surface area contributed by atoms with Gasteiger partial charge in [0, 0.05) is 45.1 Å². The Hall–Kier alpha value is -2.10. The number of rotatable bonds is 6. The summed E-state index contributed by atoms with van der Waals surface area (Å²) in [7, 11) is 0. The molecule has 1 saturated heterocycles. The Morgan fingerprint density at radius 1 is 1.29 bits per heavy atom. The summed E-state index contributed by atoms with van der Waals surface area (Å²) in [4.78, 5) is 16.3. The maximum Gasteiger partial charge on any atom is 0.193 e. The van der Waals surface area contributed by atoms with Gasteiger partial charge in [0.25, 0.3) is 0 Å². The van der Waals surface area contributed by atoms with E-state index < -0.39 is 0 Å². The highest BCUT2D eigenvalue weighted by Crippen LogP contribution is 2.27. The average Bonchev–Trinajstić information content (AvgIpc) is 3.39. The van der Waals surface area contributed by atoms with Gasteiger partial charge in [-0.2, -0.15) is 0 Å². The maximum absolute atomic E-state index is 4.96. The van der Waals surface area contributed by atoms with Crippen molar-refractivity contribution in [2.75, 3.05) is 26.2 Å². The molecule has 0 aliphatic carbocycles. The first kappa shape index (κ1) is 23.6. The molecule has 1 aliphatic heterocycles. The highest BCUT2D eigenvalue weighted by molar-refractivity contribution is 14.0. The lowest BCUT2D eigenvalue weighted by atomic mass is 9.93. The molecular formula is C23H34IN7. The second-order valence-electron chi connectivity index (χ2n) is 8.18. The summed E-state index contributed by atoms with van der Waals surface area (Å²) in [6.07, 6.45) is 8.03. The van der Waals surface area contributed by atoms with Crippen LogP contribution in [0.15, 0.2) is 48.0 Å². The number of hydrogen-bond acceptors (Lipinski definition) is 3. The van der Waals surface area contributed by atoms with Crippen molar-refractivity contribution in [1.82, 2.24) is 29.3 Å². The minimum atomic E-state index is 0. The summed E-state index contributed by atoms with van der Waals surface area (Å²) >= 11 is 0. The predicted molar refractivity (Wildman–Crippen MR) is 137 cm³/mol. The molecule has 168 valence electrons. The number of benzene rings is 1. The summed E-state index contributed by atoms with van der Waals surface area (Å²) < 4.78 is 4.54. The first-order chi connectivity index (χ1) is 14.7. The van der Waals surface area contributed by atoms with Crippen molar-refractivity contribution in [2.45, 2.75) is 46.2 Å². The zero-order chi connectivity index (χ0) is 20.9. The van der Waals surface area contributed by atoms with Gasteiger partial charge < -0.3 is 19.4 Å². The number of nitrogens with one attached hydrogen (secondary N) is 1. The first-order valence-electron chi connectivity index (χ1n) is 11.1. The quantitative estimate of drug-likeness (QED) is 0.224. The van der Waals surface area contributed by atoms with Crippen molar-refractivity contribution >= 4 is 41.0 Å². The summed E-state index contributed by atoms with van der Waals surface area (Å²) in [6.45, 7) is 11.2. The number of aryl methyl sites for hydroxylation is 2. The molecule has 0 bridgehead atoms. The van der Waals surface area contributed by atoms with Gasteiger partial charge in [-0.25, -0.2) is 9.97 Å². The number of likely N-dealkylation sites (tertiary alicyclic amines) is 1. The minimum Gasteiger partial charge on any atom is -0.357 e. The summed E-state index contributed by atoms with van der Waals surface area (Å²) in [5.74, 6) is 2.73. The van der Waals surface area contributed by atoms with Crippen molar-refractivity contribution in [3.05, 3.63) is 48.8 Å². The highest BCUT2D eigenvalue weighted by atomic mass is 127. The minimum absolute atomic E-state index is 0. The topological polar surface area (TPSA) is 63.3 Å². The Kier molecular flexibility index (Phi) is 8.34. The van der Waals surface area contributed by atoms with E-state index in [0.29, 0.717) is 12.0 Å². The van der Waals surface area contributed by atoms with E-state index >= 15 is 0 Å². The van der Waals surface area contributed by atoms with E-state index in [9.17, 15) is 0 Å².